The summed E-state index contributed by atoms with van der Waals surface area (Å²) in [5.74, 6) is 0.880. The lowest BCUT2D eigenvalue weighted by Crippen LogP contribution is -2.41. The fourth-order valence-electron chi connectivity index (χ4n) is 3.45. The highest BCUT2D eigenvalue weighted by atomic mass is 19.1. The van der Waals surface area contributed by atoms with Crippen LogP contribution in [0.4, 0.5) is 4.39 Å². The van der Waals surface area contributed by atoms with Crippen LogP contribution in [0.1, 0.15) is 42.9 Å². The summed E-state index contributed by atoms with van der Waals surface area (Å²) in [4.78, 5) is 12.8. The standard InChI is InChI=1S/C20H20FNO2/c1-12-16-4-2-3-5-17(16)24-19(12)20(23)22-18(13-6-7-13)14-8-10-15(21)11-9-14/h2-5,8-13,18-19H,6-7H2,1H3,(H,22,23). The van der Waals surface area contributed by atoms with Crippen molar-refractivity contribution in [2.45, 2.75) is 37.8 Å². The van der Waals surface area contributed by atoms with E-state index in [1.165, 1.54) is 12.1 Å². The predicted octanol–water partition coefficient (Wildman–Crippen LogP) is 3.96. The van der Waals surface area contributed by atoms with Gasteiger partial charge < -0.3 is 10.1 Å². The topological polar surface area (TPSA) is 38.3 Å². The first kappa shape index (κ1) is 15.2. The summed E-state index contributed by atoms with van der Waals surface area (Å²) in [6.07, 6.45) is 1.66. The van der Waals surface area contributed by atoms with Crippen molar-refractivity contribution >= 4 is 5.91 Å². The Morgan fingerprint density at radius 1 is 1.17 bits per heavy atom. The molecule has 1 N–H and O–H groups in total. The molecular formula is C20H20FNO2. The fourth-order valence-corrected chi connectivity index (χ4v) is 3.45. The molecular weight excluding hydrogens is 305 g/mol. The zero-order valence-corrected chi connectivity index (χ0v) is 13.5. The van der Waals surface area contributed by atoms with Crippen LogP contribution in [-0.4, -0.2) is 12.0 Å². The first-order valence-electron chi connectivity index (χ1n) is 8.45. The molecule has 3 atom stereocenters. The van der Waals surface area contributed by atoms with Gasteiger partial charge in [0, 0.05) is 11.5 Å². The number of para-hydroxylation sites is 1. The molecule has 1 aliphatic heterocycles. The third-order valence-corrected chi connectivity index (χ3v) is 5.00. The number of ether oxygens (including phenoxy) is 1. The van der Waals surface area contributed by atoms with E-state index in [1.807, 2.05) is 31.2 Å². The molecule has 3 unspecified atom stereocenters. The van der Waals surface area contributed by atoms with Gasteiger partial charge in [-0.1, -0.05) is 37.3 Å². The molecule has 2 aliphatic rings. The van der Waals surface area contributed by atoms with Gasteiger partial charge in [-0.2, -0.15) is 0 Å². The number of amides is 1. The SMILES string of the molecule is CC1c2ccccc2OC1C(=O)NC(c1ccc(F)cc1)C1CC1. The monoisotopic (exact) mass is 325 g/mol. The maximum atomic E-state index is 13.2. The van der Waals surface area contributed by atoms with Gasteiger partial charge in [0.25, 0.3) is 5.91 Å². The summed E-state index contributed by atoms with van der Waals surface area (Å²) >= 11 is 0. The second kappa shape index (κ2) is 5.93. The van der Waals surface area contributed by atoms with Crippen LogP contribution in [0.3, 0.4) is 0 Å². The number of nitrogens with one attached hydrogen (secondary N) is 1. The number of benzene rings is 2. The maximum Gasteiger partial charge on any atom is 0.262 e. The van der Waals surface area contributed by atoms with Crippen molar-refractivity contribution < 1.29 is 13.9 Å². The summed E-state index contributed by atoms with van der Waals surface area (Å²) < 4.78 is 19.0. The van der Waals surface area contributed by atoms with Gasteiger partial charge in [-0.15, -0.1) is 0 Å². The molecule has 0 radical (unpaired) electrons. The lowest BCUT2D eigenvalue weighted by molar-refractivity contribution is -0.128. The zero-order chi connectivity index (χ0) is 16.7. The van der Waals surface area contributed by atoms with Crippen LogP contribution in [0.5, 0.6) is 5.75 Å². The van der Waals surface area contributed by atoms with Crippen molar-refractivity contribution in [1.82, 2.24) is 5.32 Å². The molecule has 4 heteroatoms. The highest BCUT2D eigenvalue weighted by molar-refractivity contribution is 5.84. The van der Waals surface area contributed by atoms with E-state index in [0.717, 1.165) is 29.7 Å². The van der Waals surface area contributed by atoms with Crippen molar-refractivity contribution in [2.24, 2.45) is 5.92 Å². The zero-order valence-electron chi connectivity index (χ0n) is 13.5. The van der Waals surface area contributed by atoms with Crippen LogP contribution in [0.25, 0.3) is 0 Å². The molecule has 2 aromatic rings. The lowest BCUT2D eigenvalue weighted by Gasteiger charge is -2.22. The fraction of sp³-hybridized carbons (Fsp3) is 0.350. The number of fused-ring (bicyclic) bond motifs is 1. The number of carbonyl (C=O) groups excluding carboxylic acids is 1. The third kappa shape index (κ3) is 2.77. The Morgan fingerprint density at radius 2 is 1.88 bits per heavy atom. The Morgan fingerprint density at radius 3 is 2.54 bits per heavy atom. The summed E-state index contributed by atoms with van der Waals surface area (Å²) in [7, 11) is 0. The molecule has 1 saturated carbocycles. The number of halogens is 1. The normalized spacial score (nSPS) is 23.2. The number of hydrogen-bond acceptors (Lipinski definition) is 2. The van der Waals surface area contributed by atoms with E-state index >= 15 is 0 Å². The molecule has 1 aliphatic carbocycles. The van der Waals surface area contributed by atoms with Crippen LogP contribution in [-0.2, 0) is 4.79 Å². The molecule has 124 valence electrons. The van der Waals surface area contributed by atoms with Gasteiger partial charge in [0.1, 0.15) is 11.6 Å². The average molecular weight is 325 g/mol. The summed E-state index contributed by atoms with van der Waals surface area (Å²) in [5, 5.41) is 3.14. The molecule has 0 bridgehead atoms. The molecule has 0 spiro atoms. The Hall–Kier alpha value is -2.36. The van der Waals surface area contributed by atoms with Crippen LogP contribution in [0, 0.1) is 11.7 Å². The summed E-state index contributed by atoms with van der Waals surface area (Å²) in [6.45, 7) is 2.01. The maximum absolute atomic E-state index is 13.2. The molecule has 24 heavy (non-hydrogen) atoms. The lowest BCUT2D eigenvalue weighted by atomic mass is 9.96. The predicted molar refractivity (Wildman–Crippen MR) is 89.3 cm³/mol. The number of rotatable bonds is 4. The average Bonchev–Trinajstić information content (AvgIpc) is 3.38. The third-order valence-electron chi connectivity index (χ3n) is 5.00. The minimum absolute atomic E-state index is 0.0225. The second-order valence-corrected chi connectivity index (χ2v) is 6.74. The van der Waals surface area contributed by atoms with Gasteiger partial charge in [0.2, 0.25) is 0 Å². The quantitative estimate of drug-likeness (QED) is 0.924. The van der Waals surface area contributed by atoms with Crippen molar-refractivity contribution in [3.63, 3.8) is 0 Å². The Labute approximate surface area is 140 Å². The molecule has 1 amide bonds. The Balaban J connectivity index is 1.51. The summed E-state index contributed by atoms with van der Waals surface area (Å²) in [5.41, 5.74) is 2.03. The molecule has 4 rings (SSSR count). The summed E-state index contributed by atoms with van der Waals surface area (Å²) in [6, 6.07) is 14.1. The Bertz CT molecular complexity index is 754. The van der Waals surface area contributed by atoms with Gasteiger partial charge >= 0.3 is 0 Å². The largest absolute Gasteiger partial charge is 0.480 e. The van der Waals surface area contributed by atoms with E-state index < -0.39 is 6.10 Å². The molecule has 3 nitrogen and oxygen atoms in total. The van der Waals surface area contributed by atoms with Crippen molar-refractivity contribution in [1.29, 1.82) is 0 Å². The van der Waals surface area contributed by atoms with E-state index in [9.17, 15) is 9.18 Å². The minimum Gasteiger partial charge on any atom is -0.480 e. The second-order valence-electron chi connectivity index (χ2n) is 6.74. The van der Waals surface area contributed by atoms with Gasteiger partial charge in [-0.05, 0) is 42.5 Å². The van der Waals surface area contributed by atoms with Crippen LogP contribution >= 0.6 is 0 Å². The van der Waals surface area contributed by atoms with E-state index in [4.69, 9.17) is 4.74 Å². The molecule has 0 aromatic heterocycles. The molecule has 2 aromatic carbocycles. The first-order valence-corrected chi connectivity index (χ1v) is 8.45. The van der Waals surface area contributed by atoms with Gasteiger partial charge in [0.05, 0.1) is 6.04 Å². The highest BCUT2D eigenvalue weighted by Crippen LogP contribution is 2.42. The number of hydrogen-bond donors (Lipinski definition) is 1. The van der Waals surface area contributed by atoms with E-state index in [0.29, 0.717) is 5.92 Å². The van der Waals surface area contributed by atoms with Crippen LogP contribution in [0.15, 0.2) is 48.5 Å². The number of carbonyl (C=O) groups is 1. The minimum atomic E-state index is -0.510. The Kier molecular flexibility index (Phi) is 3.75. The van der Waals surface area contributed by atoms with Crippen LogP contribution < -0.4 is 10.1 Å². The van der Waals surface area contributed by atoms with Crippen molar-refractivity contribution in [3.05, 3.63) is 65.5 Å². The van der Waals surface area contributed by atoms with Gasteiger partial charge in [-0.25, -0.2) is 4.39 Å². The highest BCUT2D eigenvalue weighted by Gasteiger charge is 2.39. The molecule has 1 fully saturated rings. The van der Waals surface area contributed by atoms with Crippen molar-refractivity contribution in [3.8, 4) is 5.75 Å². The van der Waals surface area contributed by atoms with E-state index in [2.05, 4.69) is 5.32 Å². The van der Waals surface area contributed by atoms with E-state index in [-0.39, 0.29) is 23.7 Å². The van der Waals surface area contributed by atoms with Gasteiger partial charge in [0.15, 0.2) is 6.10 Å². The molecule has 1 heterocycles. The van der Waals surface area contributed by atoms with Crippen molar-refractivity contribution in [2.75, 3.05) is 0 Å². The smallest absolute Gasteiger partial charge is 0.262 e. The molecule has 0 saturated heterocycles. The van der Waals surface area contributed by atoms with E-state index in [1.54, 1.807) is 12.1 Å². The van der Waals surface area contributed by atoms with Gasteiger partial charge in [-0.3, -0.25) is 4.79 Å². The first-order chi connectivity index (χ1) is 11.6. The van der Waals surface area contributed by atoms with Crippen LogP contribution in [0.2, 0.25) is 0 Å².